The molecule has 1 fully saturated rings. The van der Waals surface area contributed by atoms with Gasteiger partial charge in [-0.15, -0.1) is 0 Å². The van der Waals surface area contributed by atoms with Gasteiger partial charge in [-0.05, 0) is 23.8 Å². The Morgan fingerprint density at radius 3 is 2.60 bits per heavy atom. The van der Waals surface area contributed by atoms with Gasteiger partial charge in [0.25, 0.3) is 0 Å². The quantitative estimate of drug-likeness (QED) is 0.587. The van der Waals surface area contributed by atoms with Crippen LogP contribution >= 0.6 is 11.8 Å². The van der Waals surface area contributed by atoms with Crippen LogP contribution in [0.2, 0.25) is 0 Å². The Balaban J connectivity index is 2.32. The zero-order chi connectivity index (χ0) is 7.56. The summed E-state index contributed by atoms with van der Waals surface area (Å²) in [6, 6.07) is 0. The van der Waals surface area contributed by atoms with Gasteiger partial charge in [-0.2, -0.15) is 11.8 Å². The smallest absolute Gasteiger partial charge is 0.154 e. The van der Waals surface area contributed by atoms with E-state index in [1.54, 1.807) is 0 Å². The predicted octanol–water partition coefficient (Wildman–Crippen LogP) is 0.686. The maximum atomic E-state index is 8.83. The van der Waals surface area contributed by atoms with Crippen LogP contribution in [0.1, 0.15) is 13.3 Å². The fourth-order valence-electron chi connectivity index (χ4n) is 1.21. The molecule has 2 nitrogen and oxygen atoms in total. The summed E-state index contributed by atoms with van der Waals surface area (Å²) in [6.45, 7) is 1.90. The van der Waals surface area contributed by atoms with Crippen LogP contribution in [0, 0.1) is 11.8 Å². The molecule has 0 amide bonds. The molecule has 2 atom stereocenters. The summed E-state index contributed by atoms with van der Waals surface area (Å²) < 4.78 is 0. The minimum absolute atomic E-state index is 0.0509. The van der Waals surface area contributed by atoms with Crippen molar-refractivity contribution in [1.29, 1.82) is 0 Å². The highest BCUT2D eigenvalue weighted by molar-refractivity contribution is 7.99. The van der Waals surface area contributed by atoms with Crippen LogP contribution in [0.15, 0.2) is 0 Å². The molecule has 0 aromatic carbocycles. The van der Waals surface area contributed by atoms with Crippen LogP contribution in [0.3, 0.4) is 0 Å². The molecule has 0 bridgehead atoms. The van der Waals surface area contributed by atoms with Crippen molar-refractivity contribution in [3.63, 3.8) is 0 Å². The second-order valence-electron chi connectivity index (χ2n) is 2.90. The summed E-state index contributed by atoms with van der Waals surface area (Å²) in [7, 11) is 0. The molecule has 0 aromatic rings. The molecule has 1 saturated heterocycles. The molecule has 0 saturated carbocycles. The van der Waals surface area contributed by atoms with Gasteiger partial charge >= 0.3 is 0 Å². The number of rotatable bonds is 2. The normalized spacial score (nSPS) is 29.4. The first-order chi connectivity index (χ1) is 4.72. The first-order valence-electron chi connectivity index (χ1n) is 3.65. The van der Waals surface area contributed by atoms with E-state index in [2.05, 4.69) is 0 Å². The largest absolute Gasteiger partial charge is 0.368 e. The van der Waals surface area contributed by atoms with Gasteiger partial charge in [0.2, 0.25) is 0 Å². The molecule has 0 radical (unpaired) electrons. The molecule has 2 unspecified atom stereocenters. The second-order valence-corrected chi connectivity index (χ2v) is 4.05. The van der Waals surface area contributed by atoms with E-state index in [4.69, 9.17) is 10.2 Å². The Morgan fingerprint density at radius 2 is 2.20 bits per heavy atom. The molecule has 1 heterocycles. The summed E-state index contributed by atoms with van der Waals surface area (Å²) >= 11 is 1.91. The van der Waals surface area contributed by atoms with E-state index < -0.39 is 6.29 Å². The van der Waals surface area contributed by atoms with Crippen molar-refractivity contribution < 1.29 is 10.2 Å². The number of hydrogen-bond donors (Lipinski definition) is 2. The van der Waals surface area contributed by atoms with E-state index in [0.717, 1.165) is 12.2 Å². The summed E-state index contributed by atoms with van der Waals surface area (Å²) in [4.78, 5) is 0. The maximum absolute atomic E-state index is 8.83. The highest BCUT2D eigenvalue weighted by atomic mass is 32.2. The minimum Gasteiger partial charge on any atom is -0.368 e. The Bertz CT molecular complexity index is 99.8. The lowest BCUT2D eigenvalue weighted by atomic mass is 9.93. The summed E-state index contributed by atoms with van der Waals surface area (Å²) in [5.41, 5.74) is 0. The van der Waals surface area contributed by atoms with Gasteiger partial charge in [0.15, 0.2) is 6.29 Å². The number of aliphatic hydroxyl groups is 2. The molecular formula is C7H14O2S. The van der Waals surface area contributed by atoms with Crippen molar-refractivity contribution >= 4 is 11.8 Å². The maximum Gasteiger partial charge on any atom is 0.154 e. The van der Waals surface area contributed by atoms with E-state index in [1.807, 2.05) is 18.7 Å². The summed E-state index contributed by atoms with van der Waals surface area (Å²) in [5.74, 6) is 2.85. The molecule has 0 spiro atoms. The molecule has 3 heteroatoms. The van der Waals surface area contributed by atoms with Crippen LogP contribution in [0.5, 0.6) is 0 Å². The zero-order valence-corrected chi connectivity index (χ0v) is 6.97. The van der Waals surface area contributed by atoms with E-state index in [-0.39, 0.29) is 5.92 Å². The van der Waals surface area contributed by atoms with Crippen molar-refractivity contribution in [3.8, 4) is 0 Å². The average Bonchev–Trinajstić information content (AvgIpc) is 2.36. The zero-order valence-electron chi connectivity index (χ0n) is 6.16. The van der Waals surface area contributed by atoms with Crippen molar-refractivity contribution in [2.75, 3.05) is 11.5 Å². The van der Waals surface area contributed by atoms with E-state index >= 15 is 0 Å². The third-order valence-corrected chi connectivity index (χ3v) is 3.37. The molecule has 1 aliphatic rings. The van der Waals surface area contributed by atoms with Crippen LogP contribution < -0.4 is 0 Å². The molecule has 0 aliphatic carbocycles. The lowest BCUT2D eigenvalue weighted by Gasteiger charge is -2.19. The standard InChI is InChI=1S/C7H14O2S/c1-5(7(8)9)6-2-3-10-4-6/h5-9H,2-4H2,1H3. The van der Waals surface area contributed by atoms with Gasteiger partial charge in [-0.25, -0.2) is 0 Å². The molecular weight excluding hydrogens is 148 g/mol. The first kappa shape index (κ1) is 8.37. The predicted molar refractivity (Wildman–Crippen MR) is 42.8 cm³/mol. The number of thioether (sulfide) groups is 1. The summed E-state index contributed by atoms with van der Waals surface area (Å²) in [5, 5.41) is 17.7. The molecule has 60 valence electrons. The number of hydrogen-bond acceptors (Lipinski definition) is 3. The lowest BCUT2D eigenvalue weighted by molar-refractivity contribution is -0.0914. The van der Waals surface area contributed by atoms with Crippen molar-refractivity contribution in [2.45, 2.75) is 19.6 Å². The van der Waals surface area contributed by atoms with Crippen LogP contribution in [0.25, 0.3) is 0 Å². The van der Waals surface area contributed by atoms with E-state index in [9.17, 15) is 0 Å². The highest BCUT2D eigenvalue weighted by Gasteiger charge is 2.25. The second kappa shape index (κ2) is 3.60. The summed E-state index contributed by atoms with van der Waals surface area (Å²) in [6.07, 6.45) is 0.0207. The topological polar surface area (TPSA) is 40.5 Å². The van der Waals surface area contributed by atoms with Gasteiger partial charge in [0.1, 0.15) is 0 Å². The van der Waals surface area contributed by atoms with Crippen LogP contribution in [-0.4, -0.2) is 28.0 Å². The van der Waals surface area contributed by atoms with Crippen LogP contribution in [-0.2, 0) is 0 Å². The average molecular weight is 162 g/mol. The molecule has 2 N–H and O–H groups in total. The third-order valence-electron chi connectivity index (χ3n) is 2.18. The van der Waals surface area contributed by atoms with E-state index in [0.29, 0.717) is 5.92 Å². The Hall–Kier alpha value is 0.270. The van der Waals surface area contributed by atoms with Gasteiger partial charge in [-0.3, -0.25) is 0 Å². The van der Waals surface area contributed by atoms with Crippen molar-refractivity contribution in [1.82, 2.24) is 0 Å². The Labute approximate surface area is 65.6 Å². The monoisotopic (exact) mass is 162 g/mol. The molecule has 1 rings (SSSR count). The van der Waals surface area contributed by atoms with Gasteiger partial charge < -0.3 is 10.2 Å². The molecule has 10 heavy (non-hydrogen) atoms. The van der Waals surface area contributed by atoms with Crippen molar-refractivity contribution in [2.24, 2.45) is 11.8 Å². The number of aliphatic hydroxyl groups excluding tert-OH is 1. The highest BCUT2D eigenvalue weighted by Crippen LogP contribution is 2.30. The Morgan fingerprint density at radius 1 is 1.50 bits per heavy atom. The van der Waals surface area contributed by atoms with Gasteiger partial charge in [0.05, 0.1) is 0 Å². The minimum atomic E-state index is -1.12. The SMILES string of the molecule is CC(C(O)O)C1CCSC1. The fourth-order valence-corrected chi connectivity index (χ4v) is 2.62. The van der Waals surface area contributed by atoms with Crippen molar-refractivity contribution in [3.05, 3.63) is 0 Å². The Kier molecular flexibility index (Phi) is 3.01. The fraction of sp³-hybridized carbons (Fsp3) is 1.00. The first-order valence-corrected chi connectivity index (χ1v) is 4.81. The van der Waals surface area contributed by atoms with Gasteiger partial charge in [0, 0.05) is 5.92 Å². The molecule has 1 aliphatic heterocycles. The van der Waals surface area contributed by atoms with Crippen LogP contribution in [0.4, 0.5) is 0 Å². The molecule has 0 aromatic heterocycles. The van der Waals surface area contributed by atoms with Gasteiger partial charge in [-0.1, -0.05) is 6.92 Å². The third kappa shape index (κ3) is 1.87. The van der Waals surface area contributed by atoms with E-state index in [1.165, 1.54) is 5.75 Å². The lowest BCUT2D eigenvalue weighted by Crippen LogP contribution is -2.24.